The van der Waals surface area contributed by atoms with Crippen molar-refractivity contribution in [3.8, 4) is 0 Å². The Kier molecular flexibility index (Phi) is 2.58. The molecule has 0 aromatic carbocycles. The van der Waals surface area contributed by atoms with Gasteiger partial charge >= 0.3 is 0 Å². The smallest absolute Gasteiger partial charge is 0.244 e. The highest BCUT2D eigenvalue weighted by Gasteiger charge is 1.96. The molecular formula is C9H10N2O. The molecule has 1 aromatic heterocycles. The molecule has 1 amide bonds. The molecule has 1 aromatic rings. The molecule has 1 rings (SSSR count). The Morgan fingerprint density at radius 1 is 1.67 bits per heavy atom. The van der Waals surface area contributed by atoms with Gasteiger partial charge in [-0.05, 0) is 24.6 Å². The van der Waals surface area contributed by atoms with Gasteiger partial charge in [-0.25, -0.2) is 0 Å². The van der Waals surface area contributed by atoms with E-state index in [1.165, 1.54) is 0 Å². The summed E-state index contributed by atoms with van der Waals surface area (Å²) >= 11 is 0. The number of carbonyl (C=O) groups excluding carboxylic acids is 1. The number of primary amides is 1. The van der Waals surface area contributed by atoms with Crippen LogP contribution < -0.4 is 5.73 Å². The Bertz CT molecular complexity index is 304. The van der Waals surface area contributed by atoms with E-state index in [1.54, 1.807) is 31.5 Å². The van der Waals surface area contributed by atoms with E-state index in [1.807, 2.05) is 6.07 Å². The molecule has 62 valence electrons. The number of pyridine rings is 1. The number of aromatic nitrogens is 1. The van der Waals surface area contributed by atoms with Crippen molar-refractivity contribution in [3.63, 3.8) is 0 Å². The van der Waals surface area contributed by atoms with E-state index in [0.717, 1.165) is 5.56 Å². The second-order valence-corrected chi connectivity index (χ2v) is 2.48. The molecular weight excluding hydrogens is 152 g/mol. The first kappa shape index (κ1) is 8.46. The first-order valence-corrected chi connectivity index (χ1v) is 3.58. The van der Waals surface area contributed by atoms with Crippen LogP contribution >= 0.6 is 0 Å². The topological polar surface area (TPSA) is 56.0 Å². The highest BCUT2D eigenvalue weighted by molar-refractivity contribution is 5.95. The maximum absolute atomic E-state index is 10.6. The zero-order valence-electron chi connectivity index (χ0n) is 6.82. The van der Waals surface area contributed by atoms with E-state index < -0.39 is 5.91 Å². The van der Waals surface area contributed by atoms with Gasteiger partial charge in [0.2, 0.25) is 5.91 Å². The van der Waals surface area contributed by atoms with E-state index in [2.05, 4.69) is 4.98 Å². The van der Waals surface area contributed by atoms with Crippen LogP contribution in [0.15, 0.2) is 30.1 Å². The second kappa shape index (κ2) is 3.67. The van der Waals surface area contributed by atoms with Crippen LogP contribution in [0.25, 0.3) is 6.08 Å². The lowest BCUT2D eigenvalue weighted by molar-refractivity contribution is -0.114. The van der Waals surface area contributed by atoms with E-state index in [9.17, 15) is 4.79 Å². The van der Waals surface area contributed by atoms with Crippen molar-refractivity contribution >= 4 is 12.0 Å². The molecule has 0 saturated heterocycles. The van der Waals surface area contributed by atoms with E-state index in [-0.39, 0.29) is 0 Å². The van der Waals surface area contributed by atoms with Crippen molar-refractivity contribution in [2.45, 2.75) is 6.92 Å². The molecule has 0 aliphatic heterocycles. The summed E-state index contributed by atoms with van der Waals surface area (Å²) < 4.78 is 0. The average Bonchev–Trinajstić information content (AvgIpc) is 2.06. The number of hydrogen-bond acceptors (Lipinski definition) is 2. The fraction of sp³-hybridized carbons (Fsp3) is 0.111. The van der Waals surface area contributed by atoms with Crippen molar-refractivity contribution in [2.24, 2.45) is 5.73 Å². The summed E-state index contributed by atoms with van der Waals surface area (Å²) in [5.74, 6) is -0.404. The van der Waals surface area contributed by atoms with Crippen molar-refractivity contribution in [2.75, 3.05) is 0 Å². The van der Waals surface area contributed by atoms with Crippen molar-refractivity contribution in [1.29, 1.82) is 0 Å². The predicted octanol–water partition coefficient (Wildman–Crippen LogP) is 0.970. The minimum Gasteiger partial charge on any atom is -0.366 e. The lowest BCUT2D eigenvalue weighted by atomic mass is 10.2. The lowest BCUT2D eigenvalue weighted by Gasteiger charge is -1.94. The highest BCUT2D eigenvalue weighted by atomic mass is 16.1. The third-order valence-corrected chi connectivity index (χ3v) is 1.46. The number of nitrogens with two attached hydrogens (primary N) is 1. The molecule has 0 fully saturated rings. The molecule has 0 aliphatic rings. The minimum atomic E-state index is -0.404. The molecule has 0 atom stereocenters. The summed E-state index contributed by atoms with van der Waals surface area (Å²) in [5.41, 5.74) is 6.47. The first-order chi connectivity index (χ1) is 5.70. The molecule has 3 nitrogen and oxygen atoms in total. The number of amides is 1. The molecule has 0 radical (unpaired) electrons. The summed E-state index contributed by atoms with van der Waals surface area (Å²) in [6.45, 7) is 1.68. The molecule has 1 heterocycles. The van der Waals surface area contributed by atoms with Gasteiger partial charge in [-0.1, -0.05) is 6.07 Å². The van der Waals surface area contributed by atoms with Crippen LogP contribution in [0.4, 0.5) is 0 Å². The van der Waals surface area contributed by atoms with Gasteiger partial charge in [0.05, 0.1) is 0 Å². The summed E-state index contributed by atoms with van der Waals surface area (Å²) in [6.07, 6.45) is 5.05. The summed E-state index contributed by atoms with van der Waals surface area (Å²) in [4.78, 5) is 14.5. The van der Waals surface area contributed by atoms with Crippen LogP contribution in [-0.4, -0.2) is 10.9 Å². The quantitative estimate of drug-likeness (QED) is 0.659. The maximum Gasteiger partial charge on any atom is 0.244 e. The molecule has 0 bridgehead atoms. The summed E-state index contributed by atoms with van der Waals surface area (Å²) in [5, 5.41) is 0. The molecule has 12 heavy (non-hydrogen) atoms. The Morgan fingerprint density at radius 2 is 2.42 bits per heavy atom. The van der Waals surface area contributed by atoms with Crippen molar-refractivity contribution in [1.82, 2.24) is 4.98 Å². The van der Waals surface area contributed by atoms with E-state index in [4.69, 9.17) is 5.73 Å². The zero-order valence-corrected chi connectivity index (χ0v) is 6.82. The third-order valence-electron chi connectivity index (χ3n) is 1.46. The van der Waals surface area contributed by atoms with Crippen LogP contribution in [-0.2, 0) is 4.79 Å². The number of hydrogen-bond donors (Lipinski definition) is 1. The molecule has 0 saturated carbocycles. The Hall–Kier alpha value is -1.64. The van der Waals surface area contributed by atoms with Gasteiger partial charge < -0.3 is 5.73 Å². The van der Waals surface area contributed by atoms with Gasteiger partial charge in [0, 0.05) is 18.0 Å². The van der Waals surface area contributed by atoms with Crippen LogP contribution in [0.1, 0.15) is 12.5 Å². The third kappa shape index (κ3) is 2.20. The molecule has 3 heteroatoms. The first-order valence-electron chi connectivity index (χ1n) is 3.58. The van der Waals surface area contributed by atoms with Crippen LogP contribution in [0.2, 0.25) is 0 Å². The van der Waals surface area contributed by atoms with Crippen molar-refractivity contribution < 1.29 is 4.79 Å². The minimum absolute atomic E-state index is 0.404. The fourth-order valence-corrected chi connectivity index (χ4v) is 0.782. The summed E-state index contributed by atoms with van der Waals surface area (Å²) in [7, 11) is 0. The van der Waals surface area contributed by atoms with Crippen LogP contribution in [0, 0.1) is 0 Å². The number of nitrogens with zero attached hydrogens (tertiary/aromatic N) is 1. The molecule has 2 N–H and O–H groups in total. The molecule has 0 unspecified atom stereocenters. The Balaban J connectivity index is 2.89. The number of rotatable bonds is 2. The number of carbonyl (C=O) groups is 1. The maximum atomic E-state index is 10.6. The van der Waals surface area contributed by atoms with Crippen LogP contribution in [0.3, 0.4) is 0 Å². The summed E-state index contributed by atoms with van der Waals surface area (Å²) in [6, 6.07) is 3.67. The second-order valence-electron chi connectivity index (χ2n) is 2.48. The average molecular weight is 162 g/mol. The van der Waals surface area contributed by atoms with Gasteiger partial charge in [0.1, 0.15) is 0 Å². The van der Waals surface area contributed by atoms with E-state index in [0.29, 0.717) is 5.57 Å². The standard InChI is InChI=1S/C9H10N2O/c1-7(9(10)12)5-8-3-2-4-11-6-8/h2-6H,1H3,(H2,10,12)/b7-5+. The van der Waals surface area contributed by atoms with Gasteiger partial charge in [0.25, 0.3) is 0 Å². The Morgan fingerprint density at radius 3 is 2.92 bits per heavy atom. The van der Waals surface area contributed by atoms with E-state index >= 15 is 0 Å². The normalized spacial score (nSPS) is 11.2. The van der Waals surface area contributed by atoms with Crippen LogP contribution in [0.5, 0.6) is 0 Å². The zero-order chi connectivity index (χ0) is 8.97. The fourth-order valence-electron chi connectivity index (χ4n) is 0.782. The van der Waals surface area contributed by atoms with Gasteiger partial charge in [-0.15, -0.1) is 0 Å². The Labute approximate surface area is 70.9 Å². The molecule has 0 aliphatic carbocycles. The monoisotopic (exact) mass is 162 g/mol. The van der Waals surface area contributed by atoms with Gasteiger partial charge in [-0.2, -0.15) is 0 Å². The lowest BCUT2D eigenvalue weighted by Crippen LogP contribution is -2.11. The van der Waals surface area contributed by atoms with Gasteiger partial charge in [-0.3, -0.25) is 9.78 Å². The van der Waals surface area contributed by atoms with Crippen molar-refractivity contribution in [3.05, 3.63) is 35.7 Å². The molecule has 0 spiro atoms. The highest BCUT2D eigenvalue weighted by Crippen LogP contribution is 2.03. The van der Waals surface area contributed by atoms with Gasteiger partial charge in [0.15, 0.2) is 0 Å². The SMILES string of the molecule is C/C(=C\c1cccnc1)C(N)=O. The predicted molar refractivity (Wildman–Crippen MR) is 47.1 cm³/mol. The largest absolute Gasteiger partial charge is 0.366 e.